The molecule has 0 aliphatic heterocycles. The van der Waals surface area contributed by atoms with Crippen LogP contribution in [0.4, 0.5) is 0 Å². The van der Waals surface area contributed by atoms with E-state index in [0.29, 0.717) is 27.6 Å². The summed E-state index contributed by atoms with van der Waals surface area (Å²) in [5.41, 5.74) is 3.54. The molecule has 0 fully saturated rings. The molecule has 23 heavy (non-hydrogen) atoms. The van der Waals surface area contributed by atoms with Crippen molar-refractivity contribution < 1.29 is 14.3 Å². The minimum atomic E-state index is -0.320. The van der Waals surface area contributed by atoms with Crippen LogP contribution >= 0.6 is 27.5 Å². The number of halogens is 2. The monoisotopic (exact) mass is 396 g/mol. The van der Waals surface area contributed by atoms with Crippen molar-refractivity contribution in [1.29, 1.82) is 0 Å². The van der Waals surface area contributed by atoms with Crippen molar-refractivity contribution in [3.63, 3.8) is 0 Å². The molecule has 5 nitrogen and oxygen atoms in total. The van der Waals surface area contributed by atoms with Crippen molar-refractivity contribution >= 4 is 39.7 Å². The SMILES string of the molecule is COc1cc(Cl)c(/C=N\NC(=O)c2cccc(Br)c2)cc1OC. The Morgan fingerprint density at radius 3 is 2.57 bits per heavy atom. The molecule has 2 rings (SSSR count). The molecular formula is C16H14BrClN2O3. The van der Waals surface area contributed by atoms with E-state index in [-0.39, 0.29) is 5.91 Å². The van der Waals surface area contributed by atoms with Crippen LogP contribution in [0.25, 0.3) is 0 Å². The molecule has 120 valence electrons. The zero-order chi connectivity index (χ0) is 16.8. The standard InChI is InChI=1S/C16H14BrClN2O3/c1-22-14-7-11(13(18)8-15(14)23-2)9-19-20-16(21)10-4-3-5-12(17)6-10/h3-9H,1-2H3,(H,20,21)/b19-9-. The molecule has 0 aromatic heterocycles. The summed E-state index contributed by atoms with van der Waals surface area (Å²) in [6.07, 6.45) is 1.44. The van der Waals surface area contributed by atoms with E-state index in [0.717, 1.165) is 4.47 Å². The molecular weight excluding hydrogens is 384 g/mol. The third kappa shape index (κ3) is 4.46. The van der Waals surface area contributed by atoms with Crippen LogP contribution < -0.4 is 14.9 Å². The highest BCUT2D eigenvalue weighted by atomic mass is 79.9. The molecule has 0 heterocycles. The Kier molecular flexibility index (Phi) is 6.01. The number of hydrogen-bond donors (Lipinski definition) is 1. The highest BCUT2D eigenvalue weighted by Gasteiger charge is 2.09. The Bertz CT molecular complexity index is 750. The van der Waals surface area contributed by atoms with Crippen LogP contribution in [0.5, 0.6) is 11.5 Å². The number of rotatable bonds is 5. The second-order valence-corrected chi connectivity index (χ2v) is 5.76. The van der Waals surface area contributed by atoms with Crippen LogP contribution in [-0.2, 0) is 0 Å². The molecule has 1 amide bonds. The van der Waals surface area contributed by atoms with Gasteiger partial charge in [-0.1, -0.05) is 33.6 Å². The fourth-order valence-electron chi connectivity index (χ4n) is 1.82. The van der Waals surface area contributed by atoms with E-state index in [4.69, 9.17) is 21.1 Å². The van der Waals surface area contributed by atoms with E-state index in [1.54, 1.807) is 30.3 Å². The lowest BCUT2D eigenvalue weighted by atomic mass is 10.2. The van der Waals surface area contributed by atoms with Gasteiger partial charge in [0.25, 0.3) is 5.91 Å². The van der Waals surface area contributed by atoms with Gasteiger partial charge in [-0.25, -0.2) is 5.43 Å². The summed E-state index contributed by atoms with van der Waals surface area (Å²) >= 11 is 9.46. The molecule has 2 aromatic carbocycles. The summed E-state index contributed by atoms with van der Waals surface area (Å²) in [6, 6.07) is 10.3. The minimum absolute atomic E-state index is 0.320. The maximum Gasteiger partial charge on any atom is 0.271 e. The number of carbonyl (C=O) groups is 1. The molecule has 0 atom stereocenters. The Morgan fingerprint density at radius 2 is 1.91 bits per heavy atom. The van der Waals surface area contributed by atoms with Gasteiger partial charge in [-0.3, -0.25) is 4.79 Å². The number of ether oxygens (including phenoxy) is 2. The van der Waals surface area contributed by atoms with Gasteiger partial charge < -0.3 is 9.47 Å². The third-order valence-corrected chi connectivity index (χ3v) is 3.78. The maximum atomic E-state index is 12.0. The Morgan fingerprint density at radius 1 is 1.22 bits per heavy atom. The van der Waals surface area contributed by atoms with E-state index in [9.17, 15) is 4.79 Å². The van der Waals surface area contributed by atoms with E-state index in [1.165, 1.54) is 20.4 Å². The second kappa shape index (κ2) is 7.99. The topological polar surface area (TPSA) is 59.9 Å². The van der Waals surface area contributed by atoms with Gasteiger partial charge in [0.1, 0.15) is 0 Å². The summed E-state index contributed by atoms with van der Waals surface area (Å²) in [4.78, 5) is 12.0. The number of nitrogens with one attached hydrogen (secondary N) is 1. The average molecular weight is 398 g/mol. The van der Waals surface area contributed by atoms with Gasteiger partial charge in [-0.15, -0.1) is 0 Å². The first-order valence-electron chi connectivity index (χ1n) is 6.55. The lowest BCUT2D eigenvalue weighted by Gasteiger charge is -2.09. The molecule has 0 aliphatic carbocycles. The van der Waals surface area contributed by atoms with Crippen LogP contribution in [0.2, 0.25) is 5.02 Å². The van der Waals surface area contributed by atoms with Crippen LogP contribution in [0.1, 0.15) is 15.9 Å². The molecule has 7 heteroatoms. The van der Waals surface area contributed by atoms with E-state index >= 15 is 0 Å². The van der Waals surface area contributed by atoms with Gasteiger partial charge in [0.15, 0.2) is 11.5 Å². The van der Waals surface area contributed by atoms with Gasteiger partial charge in [0.05, 0.1) is 25.5 Å². The number of hydrazone groups is 1. The maximum absolute atomic E-state index is 12.0. The van der Waals surface area contributed by atoms with Crippen molar-refractivity contribution in [2.24, 2.45) is 5.10 Å². The summed E-state index contributed by atoms with van der Waals surface area (Å²) < 4.78 is 11.2. The lowest BCUT2D eigenvalue weighted by molar-refractivity contribution is 0.0955. The molecule has 0 aliphatic rings. The fraction of sp³-hybridized carbons (Fsp3) is 0.125. The molecule has 0 unspecified atom stereocenters. The quantitative estimate of drug-likeness (QED) is 0.615. The number of amides is 1. The molecule has 0 saturated carbocycles. The van der Waals surface area contributed by atoms with Gasteiger partial charge in [0.2, 0.25) is 0 Å². The Labute approximate surface area is 147 Å². The number of hydrogen-bond acceptors (Lipinski definition) is 4. The zero-order valence-corrected chi connectivity index (χ0v) is 14.8. The molecule has 0 bridgehead atoms. The predicted octanol–water partition coefficient (Wildman–Crippen LogP) is 3.88. The highest BCUT2D eigenvalue weighted by Crippen LogP contribution is 2.32. The fourth-order valence-corrected chi connectivity index (χ4v) is 2.43. The second-order valence-electron chi connectivity index (χ2n) is 4.44. The Balaban J connectivity index is 2.13. The van der Waals surface area contributed by atoms with Gasteiger partial charge in [-0.2, -0.15) is 5.10 Å². The van der Waals surface area contributed by atoms with Crippen molar-refractivity contribution in [2.75, 3.05) is 14.2 Å². The number of nitrogens with zero attached hydrogens (tertiary/aromatic N) is 1. The summed E-state index contributed by atoms with van der Waals surface area (Å²) in [7, 11) is 3.06. The number of carbonyl (C=O) groups excluding carboxylic acids is 1. The third-order valence-electron chi connectivity index (χ3n) is 2.96. The number of benzene rings is 2. The molecule has 2 aromatic rings. The smallest absolute Gasteiger partial charge is 0.271 e. The normalized spacial score (nSPS) is 10.6. The average Bonchev–Trinajstić information content (AvgIpc) is 2.55. The minimum Gasteiger partial charge on any atom is -0.493 e. The summed E-state index contributed by atoms with van der Waals surface area (Å²) in [5.74, 6) is 0.726. The van der Waals surface area contributed by atoms with Gasteiger partial charge in [-0.05, 0) is 24.3 Å². The van der Waals surface area contributed by atoms with Crippen molar-refractivity contribution in [3.05, 3.63) is 57.0 Å². The molecule has 0 saturated heterocycles. The van der Waals surface area contributed by atoms with Gasteiger partial charge >= 0.3 is 0 Å². The van der Waals surface area contributed by atoms with Crippen LogP contribution in [0, 0.1) is 0 Å². The van der Waals surface area contributed by atoms with Crippen molar-refractivity contribution in [3.8, 4) is 11.5 Å². The van der Waals surface area contributed by atoms with E-state index < -0.39 is 0 Å². The lowest BCUT2D eigenvalue weighted by Crippen LogP contribution is -2.17. The summed E-state index contributed by atoms with van der Waals surface area (Å²) in [6.45, 7) is 0. The van der Waals surface area contributed by atoms with Crippen LogP contribution in [0.15, 0.2) is 46.0 Å². The van der Waals surface area contributed by atoms with E-state index in [1.807, 2.05) is 6.07 Å². The first-order chi connectivity index (χ1) is 11.0. The van der Waals surface area contributed by atoms with Crippen molar-refractivity contribution in [2.45, 2.75) is 0 Å². The van der Waals surface area contributed by atoms with E-state index in [2.05, 4.69) is 26.5 Å². The number of methoxy groups -OCH3 is 2. The first-order valence-corrected chi connectivity index (χ1v) is 7.72. The van der Waals surface area contributed by atoms with Gasteiger partial charge in [0, 0.05) is 21.7 Å². The van der Waals surface area contributed by atoms with Crippen LogP contribution in [0.3, 0.4) is 0 Å². The van der Waals surface area contributed by atoms with Crippen molar-refractivity contribution in [1.82, 2.24) is 5.43 Å². The Hall–Kier alpha value is -2.05. The zero-order valence-electron chi connectivity index (χ0n) is 12.5. The highest BCUT2D eigenvalue weighted by molar-refractivity contribution is 9.10. The van der Waals surface area contributed by atoms with Crippen LogP contribution in [-0.4, -0.2) is 26.3 Å². The molecule has 0 radical (unpaired) electrons. The first kappa shape index (κ1) is 17.3. The summed E-state index contributed by atoms with van der Waals surface area (Å²) in [5, 5.41) is 4.35. The molecule has 1 N–H and O–H groups in total. The predicted molar refractivity (Wildman–Crippen MR) is 93.8 cm³/mol. The molecule has 0 spiro atoms. The largest absolute Gasteiger partial charge is 0.493 e.